The van der Waals surface area contributed by atoms with E-state index >= 15 is 0 Å². The van der Waals surface area contributed by atoms with Crippen molar-refractivity contribution in [1.29, 1.82) is 0 Å². The van der Waals surface area contributed by atoms with E-state index in [0.29, 0.717) is 17.4 Å². The largest absolute Gasteiger partial charge is 0.491 e. The van der Waals surface area contributed by atoms with Crippen LogP contribution in [-0.4, -0.2) is 34.2 Å². The topological polar surface area (TPSA) is 66.8 Å². The molecule has 5 heteroatoms. The Balaban J connectivity index is 2.92. The maximum atomic E-state index is 12.1. The standard InChI is InChI=1S/C17H27BO4/c1-12(2)10-15(19)13-8-7-9-14(11-13)18(21)22-17(5,6)16(3,4)20/h7-9,11-12,20-21H,10H2,1-6H3. The van der Waals surface area contributed by atoms with Gasteiger partial charge in [0.15, 0.2) is 5.78 Å². The summed E-state index contributed by atoms with van der Waals surface area (Å²) in [7, 11) is -1.20. The van der Waals surface area contributed by atoms with Crippen LogP contribution in [0.3, 0.4) is 0 Å². The molecule has 0 fully saturated rings. The normalized spacial score (nSPS) is 12.6. The summed E-state index contributed by atoms with van der Waals surface area (Å²) in [5.41, 5.74) is -0.981. The molecule has 0 bridgehead atoms. The van der Waals surface area contributed by atoms with Gasteiger partial charge in [0, 0.05) is 12.0 Å². The Kier molecular flexibility index (Phi) is 5.96. The first-order chi connectivity index (χ1) is 9.94. The molecule has 1 aromatic carbocycles. The second-order valence-electron chi connectivity index (χ2n) is 7.19. The van der Waals surface area contributed by atoms with Gasteiger partial charge in [-0.15, -0.1) is 0 Å². The van der Waals surface area contributed by atoms with Crippen molar-refractivity contribution in [3.63, 3.8) is 0 Å². The van der Waals surface area contributed by atoms with E-state index in [2.05, 4.69) is 0 Å². The predicted molar refractivity (Wildman–Crippen MR) is 89.3 cm³/mol. The lowest BCUT2D eigenvalue weighted by atomic mass is 9.75. The molecule has 122 valence electrons. The summed E-state index contributed by atoms with van der Waals surface area (Å²) in [5, 5.41) is 20.4. The molecule has 1 rings (SSSR count). The number of carbonyl (C=O) groups excluding carboxylic acids is 1. The highest BCUT2D eigenvalue weighted by molar-refractivity contribution is 6.60. The SMILES string of the molecule is CC(C)CC(=O)c1cccc(B(O)OC(C)(C)C(C)(C)O)c1. The first-order valence-electron chi connectivity index (χ1n) is 7.65. The minimum atomic E-state index is -1.20. The molecule has 22 heavy (non-hydrogen) atoms. The van der Waals surface area contributed by atoms with Crippen molar-refractivity contribution in [2.75, 3.05) is 0 Å². The minimum Gasteiger partial charge on any atom is -0.423 e. The van der Waals surface area contributed by atoms with E-state index in [-0.39, 0.29) is 11.7 Å². The molecule has 0 saturated heterocycles. The molecule has 0 unspecified atom stereocenters. The summed E-state index contributed by atoms with van der Waals surface area (Å²) in [5.74, 6) is 0.331. The lowest BCUT2D eigenvalue weighted by Crippen LogP contribution is -2.53. The maximum Gasteiger partial charge on any atom is 0.491 e. The summed E-state index contributed by atoms with van der Waals surface area (Å²) < 4.78 is 5.60. The molecule has 0 aliphatic heterocycles. The zero-order valence-corrected chi connectivity index (χ0v) is 14.4. The molecule has 2 N–H and O–H groups in total. The third kappa shape index (κ3) is 4.94. The van der Waals surface area contributed by atoms with Crippen LogP contribution in [0, 0.1) is 5.92 Å². The number of hydrogen-bond donors (Lipinski definition) is 2. The van der Waals surface area contributed by atoms with Gasteiger partial charge < -0.3 is 14.8 Å². The minimum absolute atomic E-state index is 0.0470. The van der Waals surface area contributed by atoms with Gasteiger partial charge in [0.05, 0.1) is 11.2 Å². The van der Waals surface area contributed by atoms with Gasteiger partial charge in [-0.25, -0.2) is 0 Å². The maximum absolute atomic E-state index is 12.1. The molecule has 0 aromatic heterocycles. The summed E-state index contributed by atoms with van der Waals surface area (Å²) in [4.78, 5) is 12.1. The Morgan fingerprint density at radius 2 is 1.86 bits per heavy atom. The van der Waals surface area contributed by atoms with E-state index < -0.39 is 18.3 Å². The Labute approximate surface area is 133 Å². The number of aliphatic hydroxyl groups is 1. The summed E-state index contributed by atoms with van der Waals surface area (Å²) in [6, 6.07) is 6.82. The molecule has 0 amide bonds. The highest BCUT2D eigenvalue weighted by Gasteiger charge is 2.39. The van der Waals surface area contributed by atoms with Crippen LogP contribution >= 0.6 is 0 Å². The fraction of sp³-hybridized carbons (Fsp3) is 0.588. The van der Waals surface area contributed by atoms with Crippen molar-refractivity contribution in [2.24, 2.45) is 5.92 Å². The summed E-state index contributed by atoms with van der Waals surface area (Å²) >= 11 is 0. The summed E-state index contributed by atoms with van der Waals surface area (Å²) in [6.07, 6.45) is 0.468. The number of benzene rings is 1. The van der Waals surface area contributed by atoms with Crippen molar-refractivity contribution in [1.82, 2.24) is 0 Å². The van der Waals surface area contributed by atoms with Crippen LogP contribution in [0.4, 0.5) is 0 Å². The van der Waals surface area contributed by atoms with E-state index in [9.17, 15) is 14.9 Å². The molecule has 0 aliphatic rings. The van der Waals surface area contributed by atoms with E-state index in [4.69, 9.17) is 4.65 Å². The van der Waals surface area contributed by atoms with Gasteiger partial charge in [0.25, 0.3) is 0 Å². The van der Waals surface area contributed by atoms with Gasteiger partial charge in [-0.1, -0.05) is 38.1 Å². The van der Waals surface area contributed by atoms with Crippen molar-refractivity contribution in [2.45, 2.75) is 59.2 Å². The van der Waals surface area contributed by atoms with Crippen molar-refractivity contribution in [3.05, 3.63) is 29.8 Å². The lowest BCUT2D eigenvalue weighted by Gasteiger charge is -2.38. The zero-order chi connectivity index (χ0) is 17.1. The molecule has 4 nitrogen and oxygen atoms in total. The van der Waals surface area contributed by atoms with Gasteiger partial charge in [-0.3, -0.25) is 4.79 Å². The molecular formula is C17H27BO4. The number of ketones is 1. The molecule has 0 heterocycles. The van der Waals surface area contributed by atoms with Crippen LogP contribution in [0.15, 0.2) is 24.3 Å². The fourth-order valence-corrected chi connectivity index (χ4v) is 1.85. The number of Topliss-reactive ketones (excluding diaryl/α,β-unsaturated/α-hetero) is 1. The van der Waals surface area contributed by atoms with Gasteiger partial charge in [-0.2, -0.15) is 0 Å². The average molecular weight is 306 g/mol. The number of hydrogen-bond acceptors (Lipinski definition) is 4. The lowest BCUT2D eigenvalue weighted by molar-refractivity contribution is -0.0982. The quantitative estimate of drug-likeness (QED) is 0.598. The fourth-order valence-electron chi connectivity index (χ4n) is 1.85. The van der Waals surface area contributed by atoms with Crippen LogP contribution in [0.1, 0.15) is 58.3 Å². The summed E-state index contributed by atoms with van der Waals surface area (Å²) in [6.45, 7) is 10.7. The Hall–Kier alpha value is -1.17. The number of carbonyl (C=O) groups is 1. The molecule has 0 atom stereocenters. The Morgan fingerprint density at radius 3 is 2.36 bits per heavy atom. The second-order valence-corrected chi connectivity index (χ2v) is 7.19. The molecular weight excluding hydrogens is 279 g/mol. The smallest absolute Gasteiger partial charge is 0.423 e. The van der Waals surface area contributed by atoms with Crippen LogP contribution < -0.4 is 5.46 Å². The third-order valence-corrected chi connectivity index (χ3v) is 3.97. The van der Waals surface area contributed by atoms with Crippen molar-refractivity contribution >= 4 is 18.4 Å². The van der Waals surface area contributed by atoms with Crippen molar-refractivity contribution in [3.8, 4) is 0 Å². The van der Waals surface area contributed by atoms with Crippen LogP contribution in [0.25, 0.3) is 0 Å². The highest BCUT2D eigenvalue weighted by atomic mass is 16.5. The van der Waals surface area contributed by atoms with Crippen molar-refractivity contribution < 1.29 is 19.6 Å². The average Bonchev–Trinajstić information content (AvgIpc) is 2.36. The van der Waals surface area contributed by atoms with Gasteiger partial charge >= 0.3 is 7.12 Å². The Morgan fingerprint density at radius 1 is 1.27 bits per heavy atom. The number of rotatable bonds is 7. The van der Waals surface area contributed by atoms with E-state index in [1.54, 1.807) is 52.0 Å². The first kappa shape index (κ1) is 18.9. The van der Waals surface area contributed by atoms with E-state index in [1.165, 1.54) is 0 Å². The highest BCUT2D eigenvalue weighted by Crippen LogP contribution is 2.25. The van der Waals surface area contributed by atoms with Gasteiger partial charge in [0.2, 0.25) is 0 Å². The predicted octanol–water partition coefficient (Wildman–Crippen LogP) is 2.17. The third-order valence-electron chi connectivity index (χ3n) is 3.97. The van der Waals surface area contributed by atoms with Crippen LogP contribution in [0.5, 0.6) is 0 Å². The molecule has 0 radical (unpaired) electrons. The Bertz CT molecular complexity index is 518. The molecule has 0 spiro atoms. The van der Waals surface area contributed by atoms with Crippen LogP contribution in [-0.2, 0) is 4.65 Å². The molecule has 1 aromatic rings. The van der Waals surface area contributed by atoms with E-state index in [0.717, 1.165) is 0 Å². The van der Waals surface area contributed by atoms with Gasteiger partial charge in [0.1, 0.15) is 0 Å². The van der Waals surface area contributed by atoms with Gasteiger partial charge in [-0.05, 0) is 39.1 Å². The second kappa shape index (κ2) is 6.94. The molecule has 0 saturated carbocycles. The monoisotopic (exact) mass is 306 g/mol. The van der Waals surface area contributed by atoms with Crippen LogP contribution in [0.2, 0.25) is 0 Å². The van der Waals surface area contributed by atoms with E-state index in [1.807, 2.05) is 13.8 Å². The first-order valence-corrected chi connectivity index (χ1v) is 7.65. The molecule has 0 aliphatic carbocycles. The zero-order valence-electron chi connectivity index (χ0n) is 14.4.